The first kappa shape index (κ1) is 25.2. The fourth-order valence-electron chi connectivity index (χ4n) is 7.40. The zero-order valence-electron chi connectivity index (χ0n) is 24.7. The molecular weight excluding hydrogens is 562 g/mol. The second kappa shape index (κ2) is 9.40. The molecule has 46 heavy (non-hydrogen) atoms. The van der Waals surface area contributed by atoms with Crippen LogP contribution in [0.1, 0.15) is 0 Å². The number of hydrogen-bond acceptors (Lipinski definition) is 2. The Kier molecular flexibility index (Phi) is 5.15. The zero-order chi connectivity index (χ0) is 30.4. The largest absolute Gasteiger partial charge is 0.456 e. The molecule has 0 aliphatic carbocycles. The van der Waals surface area contributed by atoms with E-state index in [4.69, 9.17) is 4.42 Å². The molecule has 0 atom stereocenters. The molecule has 0 aliphatic heterocycles. The average Bonchev–Trinajstić information content (AvgIpc) is 3.64. The van der Waals surface area contributed by atoms with Crippen molar-refractivity contribution in [1.82, 2.24) is 4.40 Å². The van der Waals surface area contributed by atoms with Gasteiger partial charge in [-0.05, 0) is 75.8 Å². The molecule has 7 aromatic carbocycles. The predicted molar refractivity (Wildman–Crippen MR) is 191 cm³/mol. The van der Waals surface area contributed by atoms with Crippen LogP contribution in [-0.2, 0) is 0 Å². The van der Waals surface area contributed by atoms with E-state index in [2.05, 4.69) is 114 Å². The van der Waals surface area contributed by atoms with Crippen LogP contribution in [0.25, 0.3) is 93.4 Å². The molecule has 0 saturated carbocycles. The molecule has 0 spiro atoms. The lowest BCUT2D eigenvalue weighted by Crippen LogP contribution is -2.01. The Morgan fingerprint density at radius 1 is 0.413 bits per heavy atom. The van der Waals surface area contributed by atoms with E-state index in [1.54, 1.807) is 0 Å². The molecule has 0 radical (unpaired) electrons. The Hall–Kier alpha value is -6.19. The van der Waals surface area contributed by atoms with Crippen LogP contribution in [0.15, 0.2) is 161 Å². The number of hydrogen-bond donors (Lipinski definition) is 0. The fourth-order valence-corrected chi connectivity index (χ4v) is 7.40. The second-order valence-corrected chi connectivity index (χ2v) is 12.1. The molecule has 10 aromatic rings. The molecule has 0 unspecified atom stereocenters. The van der Waals surface area contributed by atoms with Crippen molar-refractivity contribution in [2.45, 2.75) is 0 Å². The second-order valence-electron chi connectivity index (χ2n) is 12.1. The summed E-state index contributed by atoms with van der Waals surface area (Å²) in [7, 11) is 0. The molecular formula is C43H25NO2. The summed E-state index contributed by atoms with van der Waals surface area (Å²) in [6.45, 7) is 0. The third-order valence-electron chi connectivity index (χ3n) is 9.55. The molecule has 3 aromatic heterocycles. The van der Waals surface area contributed by atoms with E-state index in [1.165, 1.54) is 54.8 Å². The SMILES string of the molecule is O=c1c2ccccc2oc2cc(-c3ccc(-c4cccc(-c5ccc6c7ccccc7n7c8ccccc8c5c67)c4)cc3)ccc12. The summed E-state index contributed by atoms with van der Waals surface area (Å²) in [6.07, 6.45) is 0. The Balaban J connectivity index is 1.07. The third-order valence-corrected chi connectivity index (χ3v) is 9.55. The Bertz CT molecular complexity index is 2870. The minimum Gasteiger partial charge on any atom is -0.456 e. The fraction of sp³-hybridized carbons (Fsp3) is 0. The highest BCUT2D eigenvalue weighted by Crippen LogP contribution is 2.44. The molecule has 3 nitrogen and oxygen atoms in total. The monoisotopic (exact) mass is 587 g/mol. The van der Waals surface area contributed by atoms with E-state index in [0.29, 0.717) is 21.9 Å². The molecule has 3 heteroatoms. The van der Waals surface area contributed by atoms with Gasteiger partial charge in [0.05, 0.1) is 27.3 Å². The first-order valence-electron chi connectivity index (χ1n) is 15.6. The lowest BCUT2D eigenvalue weighted by Gasteiger charge is -2.10. The van der Waals surface area contributed by atoms with Gasteiger partial charge in [0.2, 0.25) is 5.43 Å². The van der Waals surface area contributed by atoms with E-state index in [0.717, 1.165) is 16.7 Å². The highest BCUT2D eigenvalue weighted by atomic mass is 16.3. The topological polar surface area (TPSA) is 34.6 Å². The smallest absolute Gasteiger partial charge is 0.200 e. The summed E-state index contributed by atoms with van der Waals surface area (Å²) < 4.78 is 8.56. The third kappa shape index (κ3) is 3.51. The zero-order valence-corrected chi connectivity index (χ0v) is 24.7. The maximum Gasteiger partial charge on any atom is 0.200 e. The van der Waals surface area contributed by atoms with Gasteiger partial charge in [0.25, 0.3) is 0 Å². The molecule has 0 N–H and O–H groups in total. The lowest BCUT2D eigenvalue weighted by atomic mass is 9.94. The standard InChI is InChI=1S/C43H25NO2/c45-43-35-12-3-6-15-39(35)46-40-25-29(20-21-36(40)43)27-18-16-26(17-19-27)28-8-7-9-30(24-28)31-22-23-33-32-10-1-4-13-37(32)44-38-14-5-2-11-34(38)41(31)42(33)44/h1-25H. The van der Waals surface area contributed by atoms with E-state index in [1.807, 2.05) is 42.5 Å². The Morgan fingerprint density at radius 2 is 1.00 bits per heavy atom. The summed E-state index contributed by atoms with van der Waals surface area (Å²) in [5.74, 6) is 0. The lowest BCUT2D eigenvalue weighted by molar-refractivity contribution is 0.660. The van der Waals surface area contributed by atoms with Gasteiger partial charge in [0.15, 0.2) is 0 Å². The summed E-state index contributed by atoms with van der Waals surface area (Å²) in [5, 5.41) is 6.36. The molecule has 3 heterocycles. The first-order valence-corrected chi connectivity index (χ1v) is 15.6. The molecule has 0 saturated heterocycles. The summed E-state index contributed by atoms with van der Waals surface area (Å²) in [4.78, 5) is 13.0. The predicted octanol–water partition coefficient (Wildman–Crippen LogP) is 11.1. The number of rotatable bonds is 3. The maximum atomic E-state index is 13.0. The van der Waals surface area contributed by atoms with Crippen LogP contribution < -0.4 is 5.43 Å². The van der Waals surface area contributed by atoms with E-state index < -0.39 is 0 Å². The van der Waals surface area contributed by atoms with Crippen molar-refractivity contribution in [2.75, 3.05) is 0 Å². The van der Waals surface area contributed by atoms with Gasteiger partial charge in [-0.3, -0.25) is 4.79 Å². The molecule has 0 aliphatic rings. The van der Waals surface area contributed by atoms with E-state index >= 15 is 0 Å². The number of aromatic nitrogens is 1. The minimum absolute atomic E-state index is 0.00116. The van der Waals surface area contributed by atoms with Gasteiger partial charge in [-0.1, -0.05) is 109 Å². The Morgan fingerprint density at radius 3 is 1.80 bits per heavy atom. The van der Waals surface area contributed by atoms with Gasteiger partial charge in [0.1, 0.15) is 11.2 Å². The summed E-state index contributed by atoms with van der Waals surface area (Å²) >= 11 is 0. The quantitative estimate of drug-likeness (QED) is 0.193. The van der Waals surface area contributed by atoms with Crippen molar-refractivity contribution in [1.29, 1.82) is 0 Å². The van der Waals surface area contributed by atoms with E-state index in [9.17, 15) is 4.79 Å². The molecule has 0 bridgehead atoms. The van der Waals surface area contributed by atoms with Crippen LogP contribution in [0.4, 0.5) is 0 Å². The van der Waals surface area contributed by atoms with Gasteiger partial charge in [-0.2, -0.15) is 0 Å². The van der Waals surface area contributed by atoms with Crippen LogP contribution in [0, 0.1) is 0 Å². The van der Waals surface area contributed by atoms with Gasteiger partial charge in [-0.25, -0.2) is 0 Å². The number of benzene rings is 7. The van der Waals surface area contributed by atoms with Crippen LogP contribution in [0.5, 0.6) is 0 Å². The normalized spacial score (nSPS) is 12.0. The number of para-hydroxylation sites is 3. The number of fused-ring (bicyclic) bond motifs is 8. The maximum absolute atomic E-state index is 13.0. The minimum atomic E-state index is 0.00116. The Labute approximate surface area is 263 Å². The van der Waals surface area contributed by atoms with Gasteiger partial charge in [0, 0.05) is 21.5 Å². The summed E-state index contributed by atoms with van der Waals surface area (Å²) in [6, 6.07) is 52.8. The van der Waals surface area contributed by atoms with Crippen LogP contribution in [0.2, 0.25) is 0 Å². The highest BCUT2D eigenvalue weighted by molar-refractivity contribution is 6.26. The van der Waals surface area contributed by atoms with Gasteiger partial charge >= 0.3 is 0 Å². The molecule has 10 rings (SSSR count). The van der Waals surface area contributed by atoms with Crippen molar-refractivity contribution in [3.05, 3.63) is 162 Å². The van der Waals surface area contributed by atoms with Crippen molar-refractivity contribution < 1.29 is 4.42 Å². The van der Waals surface area contributed by atoms with Crippen molar-refractivity contribution in [3.8, 4) is 33.4 Å². The molecule has 0 fully saturated rings. The highest BCUT2D eigenvalue weighted by Gasteiger charge is 2.20. The average molecular weight is 588 g/mol. The molecule has 214 valence electrons. The van der Waals surface area contributed by atoms with Crippen molar-refractivity contribution >= 4 is 60.0 Å². The van der Waals surface area contributed by atoms with Gasteiger partial charge in [-0.15, -0.1) is 0 Å². The van der Waals surface area contributed by atoms with Crippen molar-refractivity contribution in [2.24, 2.45) is 0 Å². The van der Waals surface area contributed by atoms with Crippen molar-refractivity contribution in [3.63, 3.8) is 0 Å². The first-order chi connectivity index (χ1) is 22.7. The summed E-state index contributed by atoms with van der Waals surface area (Å²) in [5.41, 5.74) is 11.8. The van der Waals surface area contributed by atoms with E-state index in [-0.39, 0.29) is 5.43 Å². The van der Waals surface area contributed by atoms with Crippen LogP contribution in [0.3, 0.4) is 0 Å². The van der Waals surface area contributed by atoms with Crippen LogP contribution in [-0.4, -0.2) is 4.40 Å². The van der Waals surface area contributed by atoms with Gasteiger partial charge < -0.3 is 8.82 Å². The van der Waals surface area contributed by atoms with Crippen LogP contribution >= 0.6 is 0 Å². The molecule has 0 amide bonds. The number of nitrogens with zero attached hydrogens (tertiary/aromatic N) is 1.